The smallest absolute Gasteiger partial charge is 0.251 e. The molecule has 39 heavy (non-hydrogen) atoms. The zero-order valence-electron chi connectivity index (χ0n) is 21.7. The predicted octanol–water partition coefficient (Wildman–Crippen LogP) is 5.67. The van der Waals surface area contributed by atoms with Gasteiger partial charge in [0.2, 0.25) is 12.7 Å². The number of carbonyl (C=O) groups excluding carboxylic acids is 2. The Morgan fingerprint density at radius 3 is 2.54 bits per heavy atom. The fourth-order valence-electron chi connectivity index (χ4n) is 4.98. The highest BCUT2D eigenvalue weighted by Crippen LogP contribution is 2.51. The van der Waals surface area contributed by atoms with E-state index in [1.807, 2.05) is 85.8 Å². The average Bonchev–Trinajstić information content (AvgIpc) is 3.65. The molecule has 0 atom stereocenters. The zero-order chi connectivity index (χ0) is 26.8. The first-order valence-electron chi connectivity index (χ1n) is 13.1. The maximum absolute atomic E-state index is 13.4. The molecule has 0 radical (unpaired) electrons. The van der Waals surface area contributed by atoms with Crippen molar-refractivity contribution in [3.05, 3.63) is 107 Å². The van der Waals surface area contributed by atoms with Gasteiger partial charge in [-0.25, -0.2) is 0 Å². The Balaban J connectivity index is 0.00000323. The van der Waals surface area contributed by atoms with E-state index in [1.54, 1.807) is 6.20 Å². The van der Waals surface area contributed by atoms with Gasteiger partial charge < -0.3 is 20.1 Å². The van der Waals surface area contributed by atoms with Gasteiger partial charge in [0, 0.05) is 37.5 Å². The number of rotatable bonds is 8. The van der Waals surface area contributed by atoms with Gasteiger partial charge in [-0.15, -0.1) is 0 Å². The number of hydrogen-bond acceptors (Lipinski definition) is 5. The molecule has 7 nitrogen and oxygen atoms in total. The van der Waals surface area contributed by atoms with Crippen molar-refractivity contribution in [2.75, 3.05) is 18.7 Å². The van der Waals surface area contributed by atoms with E-state index < -0.39 is 5.41 Å². The number of aromatic nitrogens is 1. The molecule has 3 aromatic carbocycles. The van der Waals surface area contributed by atoms with Gasteiger partial charge in [0.05, 0.1) is 5.41 Å². The van der Waals surface area contributed by atoms with Crippen molar-refractivity contribution in [1.29, 1.82) is 0 Å². The van der Waals surface area contributed by atoms with E-state index in [9.17, 15) is 9.59 Å². The number of fused-ring (bicyclic) bond motifs is 1. The first-order chi connectivity index (χ1) is 19.0. The zero-order valence-corrected chi connectivity index (χ0v) is 21.7. The van der Waals surface area contributed by atoms with Crippen molar-refractivity contribution in [2.45, 2.75) is 31.6 Å². The van der Waals surface area contributed by atoms with Gasteiger partial charge in [-0.1, -0.05) is 30.3 Å². The van der Waals surface area contributed by atoms with Crippen LogP contribution in [0.1, 0.15) is 41.4 Å². The van der Waals surface area contributed by atoms with Gasteiger partial charge >= 0.3 is 0 Å². The average molecular weight is 522 g/mol. The summed E-state index contributed by atoms with van der Waals surface area (Å²) in [6.07, 6.45) is 4.02. The Bertz CT molecular complexity index is 1540. The van der Waals surface area contributed by atoms with Crippen LogP contribution >= 0.6 is 0 Å². The van der Waals surface area contributed by atoms with Crippen LogP contribution in [0.5, 0.6) is 11.5 Å². The van der Waals surface area contributed by atoms with Gasteiger partial charge in [0.1, 0.15) is 0 Å². The molecule has 6 rings (SSSR count). The number of anilines is 1. The number of pyridine rings is 1. The second kappa shape index (κ2) is 10.3. The van der Waals surface area contributed by atoms with Gasteiger partial charge in [-0.2, -0.15) is 0 Å². The second-order valence-corrected chi connectivity index (χ2v) is 10.0. The van der Waals surface area contributed by atoms with E-state index in [-0.39, 0.29) is 20.0 Å². The maximum atomic E-state index is 13.4. The molecule has 2 amide bonds. The Hall–Kier alpha value is -4.65. The summed E-state index contributed by atoms with van der Waals surface area (Å²) in [4.78, 5) is 30.3. The van der Waals surface area contributed by atoms with Crippen molar-refractivity contribution < 1.29 is 20.5 Å². The molecular weight excluding hydrogens is 490 g/mol. The molecule has 0 saturated heterocycles. The fraction of sp³-hybridized carbons (Fsp3) is 0.219. The number of hydrogen-bond donors (Lipinski definition) is 2. The topological polar surface area (TPSA) is 89.5 Å². The minimum absolute atomic E-state index is 0. The monoisotopic (exact) mass is 521 g/mol. The van der Waals surface area contributed by atoms with E-state index in [0.717, 1.165) is 46.5 Å². The number of ether oxygens (including phenoxy) is 2. The molecule has 2 N–H and O–H groups in total. The third-order valence-electron chi connectivity index (χ3n) is 7.46. The molecule has 0 unspecified atom stereocenters. The summed E-state index contributed by atoms with van der Waals surface area (Å²) in [5.41, 5.74) is 5.75. The summed E-state index contributed by atoms with van der Waals surface area (Å²) in [5, 5.41) is 6.09. The van der Waals surface area contributed by atoms with Crippen LogP contribution in [-0.4, -0.2) is 30.1 Å². The summed E-state index contributed by atoms with van der Waals surface area (Å²) in [5.74, 6) is 1.27. The van der Waals surface area contributed by atoms with Crippen LogP contribution < -0.4 is 20.1 Å². The molecule has 1 fully saturated rings. The van der Waals surface area contributed by atoms with Crippen molar-refractivity contribution >= 4 is 17.5 Å². The minimum atomic E-state index is -0.544. The molecule has 0 bridgehead atoms. The minimum Gasteiger partial charge on any atom is -0.454 e. The molecule has 1 aliphatic carbocycles. The highest BCUT2D eigenvalue weighted by atomic mass is 16.7. The third-order valence-corrected chi connectivity index (χ3v) is 7.46. The van der Waals surface area contributed by atoms with Crippen LogP contribution in [0.3, 0.4) is 0 Å². The number of benzene rings is 3. The number of nitrogens with one attached hydrogen (secondary N) is 2. The lowest BCUT2D eigenvalue weighted by Gasteiger charge is -2.17. The summed E-state index contributed by atoms with van der Waals surface area (Å²) in [6, 6.07) is 25.0. The fourth-order valence-corrected chi connectivity index (χ4v) is 4.98. The van der Waals surface area contributed by atoms with Gasteiger partial charge in [-0.3, -0.25) is 14.6 Å². The quantitative estimate of drug-likeness (QED) is 0.312. The molecule has 2 aliphatic rings. The Morgan fingerprint density at radius 1 is 0.949 bits per heavy atom. The number of carbonyl (C=O) groups is 2. The highest BCUT2D eigenvalue weighted by molar-refractivity contribution is 6.02. The van der Waals surface area contributed by atoms with Crippen molar-refractivity contribution in [2.24, 2.45) is 0 Å². The van der Waals surface area contributed by atoms with Crippen molar-refractivity contribution in [3.8, 4) is 22.6 Å². The number of nitrogens with zero attached hydrogens (tertiary/aromatic N) is 1. The Labute approximate surface area is 228 Å². The predicted molar refractivity (Wildman–Crippen MR) is 151 cm³/mol. The first-order valence-corrected chi connectivity index (χ1v) is 13.1. The summed E-state index contributed by atoms with van der Waals surface area (Å²) in [6.45, 7) is 2.77. The standard InChI is InChI=1S/C32H29N3O4.H2/c1-21-5-11-26(35-31(37)32(14-15-32)24-10-12-28-29(18-24)39-20-38-28)19-27(21)22-6-8-23(9-7-22)30(36)34-17-13-25-4-2-3-16-33-25;/h2-12,16,18-19H,13-15,17,20H2,1H3,(H,34,36)(H,35,37);1H. The molecular formula is C32H31N3O4. The van der Waals surface area contributed by atoms with Crippen LogP contribution in [0.25, 0.3) is 11.1 Å². The maximum Gasteiger partial charge on any atom is 0.251 e. The number of amides is 2. The molecule has 2 heterocycles. The Kier molecular flexibility index (Phi) is 6.49. The lowest BCUT2D eigenvalue weighted by Crippen LogP contribution is -2.27. The van der Waals surface area contributed by atoms with E-state index in [0.29, 0.717) is 30.0 Å². The summed E-state index contributed by atoms with van der Waals surface area (Å²) in [7, 11) is 0. The van der Waals surface area contributed by atoms with Gasteiger partial charge in [0.25, 0.3) is 5.91 Å². The summed E-state index contributed by atoms with van der Waals surface area (Å²) >= 11 is 0. The molecule has 7 heteroatoms. The lowest BCUT2D eigenvalue weighted by molar-refractivity contribution is -0.118. The van der Waals surface area contributed by atoms with E-state index >= 15 is 0 Å². The van der Waals surface area contributed by atoms with Crippen LogP contribution in [-0.2, 0) is 16.6 Å². The summed E-state index contributed by atoms with van der Waals surface area (Å²) < 4.78 is 10.9. The van der Waals surface area contributed by atoms with Gasteiger partial charge in [-0.05, 0) is 90.6 Å². The lowest BCUT2D eigenvalue weighted by atomic mass is 9.94. The molecule has 1 saturated carbocycles. The SMILES string of the molecule is Cc1ccc(NC(=O)C2(c3ccc4c(c3)OCO4)CC2)cc1-c1ccc(C(=O)NCCc2ccccn2)cc1.[HH]. The van der Waals surface area contributed by atoms with E-state index in [1.165, 1.54) is 0 Å². The van der Waals surface area contributed by atoms with E-state index in [4.69, 9.17) is 9.47 Å². The van der Waals surface area contributed by atoms with E-state index in [2.05, 4.69) is 15.6 Å². The van der Waals surface area contributed by atoms with Crippen molar-refractivity contribution in [1.82, 2.24) is 10.3 Å². The first kappa shape index (κ1) is 24.7. The van der Waals surface area contributed by atoms with Crippen LogP contribution in [0.2, 0.25) is 0 Å². The van der Waals surface area contributed by atoms with Gasteiger partial charge in [0.15, 0.2) is 11.5 Å². The van der Waals surface area contributed by atoms with Crippen LogP contribution in [0.15, 0.2) is 85.1 Å². The third kappa shape index (κ3) is 5.08. The normalized spacial score (nSPS) is 14.5. The van der Waals surface area contributed by atoms with Crippen molar-refractivity contribution in [3.63, 3.8) is 0 Å². The van der Waals surface area contributed by atoms with Crippen LogP contribution in [0.4, 0.5) is 5.69 Å². The molecule has 0 spiro atoms. The molecule has 1 aromatic heterocycles. The Morgan fingerprint density at radius 2 is 1.77 bits per heavy atom. The number of aryl methyl sites for hydroxylation is 1. The molecule has 198 valence electrons. The second-order valence-electron chi connectivity index (χ2n) is 10.0. The van der Waals surface area contributed by atoms with Crippen LogP contribution in [0, 0.1) is 6.92 Å². The highest BCUT2D eigenvalue weighted by Gasteiger charge is 2.51. The largest absolute Gasteiger partial charge is 0.454 e. The molecule has 4 aromatic rings. The molecule has 1 aliphatic heterocycles.